The van der Waals surface area contributed by atoms with Crippen LogP contribution < -0.4 is 10.5 Å². The molecular weight excluding hydrogens is 694 g/mol. The van der Waals surface area contributed by atoms with Crippen molar-refractivity contribution in [2.75, 3.05) is 125 Å². The van der Waals surface area contributed by atoms with E-state index in [1.807, 2.05) is 12.1 Å². The lowest BCUT2D eigenvalue weighted by Crippen LogP contribution is -2.15. The van der Waals surface area contributed by atoms with Gasteiger partial charge in [-0.3, -0.25) is 4.79 Å². The van der Waals surface area contributed by atoms with E-state index in [0.717, 1.165) is 18.6 Å². The highest BCUT2D eigenvalue weighted by Crippen LogP contribution is 2.14. The molecule has 0 heterocycles. The first-order valence-corrected chi connectivity index (χ1v) is 21.0. The van der Waals surface area contributed by atoms with E-state index in [1.165, 1.54) is 83.5 Å². The van der Waals surface area contributed by atoms with Crippen LogP contribution >= 0.6 is 0 Å². The largest absolute Gasteiger partial charge is 0.491 e. The number of hydrogen-bond donors (Lipinski definition) is 1. The van der Waals surface area contributed by atoms with Gasteiger partial charge in [-0.1, -0.05) is 96.8 Å². The van der Waals surface area contributed by atoms with E-state index in [9.17, 15) is 4.79 Å². The Labute approximate surface area is 327 Å². The number of nitrogen functional groups attached to an aromatic ring is 1. The summed E-state index contributed by atoms with van der Waals surface area (Å²) in [5.74, 6) is 0.641. The van der Waals surface area contributed by atoms with Crippen LogP contribution in [0.5, 0.6) is 5.75 Å². The molecule has 1 aromatic rings. The molecule has 0 saturated carbocycles. The molecule has 0 unspecified atom stereocenters. The molecule has 12 heteroatoms. The first-order chi connectivity index (χ1) is 26.7. The fraction of sp³-hybridized carbons (Fsp3) is 0.833. The Bertz CT molecular complexity index is 894. The Hall–Kier alpha value is -2.03. The van der Waals surface area contributed by atoms with E-state index in [-0.39, 0.29) is 12.6 Å². The third kappa shape index (κ3) is 38.3. The van der Waals surface area contributed by atoms with Crippen molar-refractivity contribution in [3.63, 3.8) is 0 Å². The molecule has 1 rings (SSSR count). The minimum absolute atomic E-state index is 0.130. The number of ether oxygens (including phenoxy) is 10. The van der Waals surface area contributed by atoms with Gasteiger partial charge in [0.2, 0.25) is 0 Å². The standard InChI is InChI=1S/C42H77NO11/c1-2-3-4-5-6-7-8-9-10-11-12-13-14-15-16-17-42(44)54-39-37-52-35-33-50-31-29-48-27-25-46-23-22-45-24-26-47-28-30-49-32-34-51-36-38-53-41-20-18-40(43)19-21-41/h18-21H,2-17,22-39,43H2,1H3. The third-order valence-corrected chi connectivity index (χ3v) is 8.46. The maximum atomic E-state index is 11.9. The zero-order valence-electron chi connectivity index (χ0n) is 33.9. The minimum Gasteiger partial charge on any atom is -0.491 e. The molecule has 0 saturated heterocycles. The van der Waals surface area contributed by atoms with Crippen molar-refractivity contribution >= 4 is 11.7 Å². The topological polar surface area (TPSA) is 135 Å². The average Bonchev–Trinajstić information content (AvgIpc) is 3.18. The van der Waals surface area contributed by atoms with Crippen LogP contribution in [-0.2, 0) is 47.4 Å². The van der Waals surface area contributed by atoms with Crippen LogP contribution in [0.1, 0.15) is 110 Å². The number of unbranched alkanes of at least 4 members (excludes halogenated alkanes) is 14. The molecule has 12 nitrogen and oxygen atoms in total. The van der Waals surface area contributed by atoms with Crippen LogP contribution in [-0.4, -0.2) is 125 Å². The molecule has 0 spiro atoms. The van der Waals surface area contributed by atoms with Gasteiger partial charge in [-0.05, 0) is 30.7 Å². The predicted molar refractivity (Wildman–Crippen MR) is 213 cm³/mol. The number of rotatable bonds is 44. The highest BCUT2D eigenvalue weighted by atomic mass is 16.6. The van der Waals surface area contributed by atoms with Crippen LogP contribution in [0.4, 0.5) is 5.69 Å². The van der Waals surface area contributed by atoms with Crippen molar-refractivity contribution in [2.45, 2.75) is 110 Å². The lowest BCUT2D eigenvalue weighted by Gasteiger charge is -2.09. The Kier molecular flexibility index (Phi) is 39.0. The van der Waals surface area contributed by atoms with Gasteiger partial charge in [0.1, 0.15) is 19.0 Å². The van der Waals surface area contributed by atoms with Gasteiger partial charge in [-0.25, -0.2) is 0 Å². The molecule has 0 radical (unpaired) electrons. The van der Waals surface area contributed by atoms with Crippen LogP contribution in [0.15, 0.2) is 24.3 Å². The monoisotopic (exact) mass is 772 g/mol. The summed E-state index contributed by atoms with van der Waals surface area (Å²) in [4.78, 5) is 11.9. The highest BCUT2D eigenvalue weighted by molar-refractivity contribution is 5.69. The molecule has 0 bridgehead atoms. The second-order valence-corrected chi connectivity index (χ2v) is 13.2. The second kappa shape index (κ2) is 42.1. The summed E-state index contributed by atoms with van der Waals surface area (Å²) in [6.45, 7) is 10.8. The number of hydrogen-bond acceptors (Lipinski definition) is 12. The summed E-state index contributed by atoms with van der Waals surface area (Å²) in [5, 5.41) is 0. The van der Waals surface area contributed by atoms with Gasteiger partial charge < -0.3 is 53.1 Å². The highest BCUT2D eigenvalue weighted by Gasteiger charge is 2.03. The first-order valence-electron chi connectivity index (χ1n) is 21.0. The fourth-order valence-corrected chi connectivity index (χ4v) is 5.35. The van der Waals surface area contributed by atoms with Gasteiger partial charge in [0.15, 0.2) is 0 Å². The maximum absolute atomic E-state index is 11.9. The Morgan fingerprint density at radius 3 is 1.06 bits per heavy atom. The smallest absolute Gasteiger partial charge is 0.305 e. The molecule has 316 valence electrons. The van der Waals surface area contributed by atoms with Crippen LogP contribution in [0.3, 0.4) is 0 Å². The van der Waals surface area contributed by atoms with Gasteiger partial charge in [0.05, 0.1) is 106 Å². The van der Waals surface area contributed by atoms with Crippen LogP contribution in [0.2, 0.25) is 0 Å². The van der Waals surface area contributed by atoms with Crippen LogP contribution in [0.25, 0.3) is 0 Å². The summed E-state index contributed by atoms with van der Waals surface area (Å²) >= 11 is 0. The summed E-state index contributed by atoms with van der Waals surface area (Å²) < 4.78 is 54.8. The fourth-order valence-electron chi connectivity index (χ4n) is 5.35. The first kappa shape index (κ1) is 50.0. The molecule has 0 aliphatic rings. The van der Waals surface area contributed by atoms with E-state index >= 15 is 0 Å². The Morgan fingerprint density at radius 1 is 0.407 bits per heavy atom. The normalized spacial score (nSPS) is 11.4. The molecule has 0 aliphatic carbocycles. The number of benzene rings is 1. The number of carbonyl (C=O) groups excluding carboxylic acids is 1. The Balaban J connectivity index is 1.65. The minimum atomic E-state index is -0.130. The van der Waals surface area contributed by atoms with Crippen LogP contribution in [0, 0.1) is 0 Å². The maximum Gasteiger partial charge on any atom is 0.305 e. The molecule has 1 aromatic carbocycles. The van der Waals surface area contributed by atoms with Gasteiger partial charge in [0.25, 0.3) is 0 Å². The number of nitrogens with two attached hydrogens (primary N) is 1. The Morgan fingerprint density at radius 2 is 0.704 bits per heavy atom. The third-order valence-electron chi connectivity index (χ3n) is 8.46. The molecule has 54 heavy (non-hydrogen) atoms. The number of esters is 1. The molecule has 0 aromatic heterocycles. The SMILES string of the molecule is CCCCCCCCCCCCCCCCCC(=O)OCCOCCOCCOCCOCCOCCOCCOCCOCCOc1ccc(N)cc1. The van der Waals surface area contributed by atoms with Crippen molar-refractivity contribution < 1.29 is 52.2 Å². The predicted octanol–water partition coefficient (Wildman–Crippen LogP) is 7.59. The lowest BCUT2D eigenvalue weighted by molar-refractivity contribution is -0.145. The zero-order chi connectivity index (χ0) is 38.7. The van der Waals surface area contributed by atoms with Gasteiger partial charge >= 0.3 is 5.97 Å². The summed E-state index contributed by atoms with van der Waals surface area (Å²) in [5.41, 5.74) is 6.36. The summed E-state index contributed by atoms with van der Waals surface area (Å²) in [7, 11) is 0. The van der Waals surface area contributed by atoms with Crippen molar-refractivity contribution in [3.8, 4) is 5.75 Å². The number of carbonyl (C=O) groups is 1. The van der Waals surface area contributed by atoms with Crippen molar-refractivity contribution in [2.24, 2.45) is 0 Å². The lowest BCUT2D eigenvalue weighted by atomic mass is 10.0. The van der Waals surface area contributed by atoms with Crippen molar-refractivity contribution in [3.05, 3.63) is 24.3 Å². The quantitative estimate of drug-likeness (QED) is 0.0398. The molecule has 0 fully saturated rings. The zero-order valence-corrected chi connectivity index (χ0v) is 33.9. The van der Waals surface area contributed by atoms with Crippen molar-refractivity contribution in [1.82, 2.24) is 0 Å². The van der Waals surface area contributed by atoms with Gasteiger partial charge in [-0.15, -0.1) is 0 Å². The van der Waals surface area contributed by atoms with E-state index in [0.29, 0.717) is 124 Å². The molecule has 2 N–H and O–H groups in total. The molecule has 0 atom stereocenters. The van der Waals surface area contributed by atoms with Gasteiger partial charge in [0, 0.05) is 12.1 Å². The molecule has 0 aliphatic heterocycles. The van der Waals surface area contributed by atoms with E-state index in [4.69, 9.17) is 53.1 Å². The second-order valence-electron chi connectivity index (χ2n) is 13.2. The van der Waals surface area contributed by atoms with Crippen molar-refractivity contribution in [1.29, 1.82) is 0 Å². The average molecular weight is 772 g/mol. The van der Waals surface area contributed by atoms with E-state index < -0.39 is 0 Å². The summed E-state index contributed by atoms with van der Waals surface area (Å²) in [6.07, 6.45) is 20.2. The summed E-state index contributed by atoms with van der Waals surface area (Å²) in [6, 6.07) is 7.27. The molecule has 0 amide bonds. The molecular formula is C42H77NO11. The van der Waals surface area contributed by atoms with Gasteiger partial charge in [-0.2, -0.15) is 0 Å². The van der Waals surface area contributed by atoms with E-state index in [2.05, 4.69) is 6.92 Å². The van der Waals surface area contributed by atoms with E-state index in [1.54, 1.807) is 12.1 Å². The number of anilines is 1.